The zero-order chi connectivity index (χ0) is 15.1. The minimum atomic E-state index is -1.10. The molecule has 0 aliphatic heterocycles. The number of carbonyl (C=O) groups is 3. The number of alkyl carbamates (subject to hydrolysis) is 1. The molecule has 1 aromatic carbocycles. The molecule has 0 saturated heterocycles. The minimum absolute atomic E-state index is 0.373. The molecule has 0 aromatic heterocycles. The van der Waals surface area contributed by atoms with Gasteiger partial charge in [-0.05, 0) is 25.3 Å². The molecule has 0 radical (unpaired) electrons. The molecular formula is C13H15NO5S. The maximum Gasteiger partial charge on any atom is 0.413 e. The van der Waals surface area contributed by atoms with Crippen LogP contribution in [-0.2, 0) is 14.3 Å². The first-order valence-corrected chi connectivity index (χ1v) is 6.95. The molecule has 108 valence electrons. The smallest absolute Gasteiger partial charge is 0.413 e. The summed E-state index contributed by atoms with van der Waals surface area (Å²) in [6, 6.07) is 6.89. The molecule has 0 saturated carbocycles. The number of hydrogen-bond donors (Lipinski definition) is 1. The van der Waals surface area contributed by atoms with Crippen LogP contribution >= 0.6 is 11.8 Å². The zero-order valence-electron chi connectivity index (χ0n) is 11.3. The molecule has 1 N–H and O–H groups in total. The van der Waals surface area contributed by atoms with Crippen molar-refractivity contribution < 1.29 is 23.9 Å². The highest BCUT2D eigenvalue weighted by atomic mass is 32.2. The predicted molar refractivity (Wildman–Crippen MR) is 73.6 cm³/mol. The van der Waals surface area contributed by atoms with E-state index in [0.717, 1.165) is 12.0 Å². The number of thioether (sulfide) groups is 1. The van der Waals surface area contributed by atoms with Crippen LogP contribution in [0.2, 0.25) is 0 Å². The van der Waals surface area contributed by atoms with E-state index in [-0.39, 0.29) is 0 Å². The monoisotopic (exact) mass is 297 g/mol. The summed E-state index contributed by atoms with van der Waals surface area (Å²) in [5.41, 5.74) is 0.373. The summed E-state index contributed by atoms with van der Waals surface area (Å²) in [6.07, 6.45) is -0.168. The van der Waals surface area contributed by atoms with Gasteiger partial charge in [-0.2, -0.15) is 0 Å². The number of nitrogens with one attached hydrogen (secondary N) is 1. The lowest BCUT2D eigenvalue weighted by Gasteiger charge is -2.13. The van der Waals surface area contributed by atoms with E-state index in [1.807, 2.05) is 11.6 Å². The van der Waals surface area contributed by atoms with E-state index < -0.39 is 24.1 Å². The number of benzene rings is 1. The average molecular weight is 297 g/mol. The number of rotatable bonds is 4. The highest BCUT2D eigenvalue weighted by molar-refractivity contribution is 7.98. The zero-order valence-corrected chi connectivity index (χ0v) is 12.2. The van der Waals surface area contributed by atoms with Gasteiger partial charge in [-0.3, -0.25) is 10.1 Å². The van der Waals surface area contributed by atoms with Gasteiger partial charge in [0.25, 0.3) is 5.91 Å². The van der Waals surface area contributed by atoms with Crippen LogP contribution in [-0.4, -0.2) is 37.4 Å². The number of esters is 1. The Morgan fingerprint density at radius 2 is 1.90 bits per heavy atom. The topological polar surface area (TPSA) is 81.7 Å². The molecule has 0 bridgehead atoms. The summed E-state index contributed by atoms with van der Waals surface area (Å²) in [4.78, 5) is 35.1. The lowest BCUT2D eigenvalue weighted by Crippen LogP contribution is -2.39. The van der Waals surface area contributed by atoms with Crippen LogP contribution in [0.3, 0.4) is 0 Å². The molecule has 0 unspecified atom stereocenters. The highest BCUT2D eigenvalue weighted by Gasteiger charge is 2.22. The first kappa shape index (κ1) is 16.0. The van der Waals surface area contributed by atoms with Crippen LogP contribution in [0.15, 0.2) is 29.2 Å². The highest BCUT2D eigenvalue weighted by Crippen LogP contribution is 2.20. The Morgan fingerprint density at radius 1 is 1.25 bits per heavy atom. The normalized spacial score (nSPS) is 11.3. The maximum absolute atomic E-state index is 12.0. The Labute approximate surface area is 120 Å². The second-order valence-electron chi connectivity index (χ2n) is 3.73. The summed E-state index contributed by atoms with van der Waals surface area (Å²) in [5, 5.41) is 1.93. The molecule has 1 aromatic rings. The van der Waals surface area contributed by atoms with Gasteiger partial charge in [0, 0.05) is 4.90 Å². The SMILES string of the molecule is COC(=O)NC(=O)[C@@H](C)OC(=O)c1ccccc1SC. The van der Waals surface area contributed by atoms with E-state index in [2.05, 4.69) is 4.74 Å². The van der Waals surface area contributed by atoms with Gasteiger partial charge in [0.15, 0.2) is 6.10 Å². The molecule has 0 fully saturated rings. The second kappa shape index (κ2) is 7.54. The van der Waals surface area contributed by atoms with E-state index in [1.54, 1.807) is 24.3 Å². The van der Waals surface area contributed by atoms with Crippen LogP contribution in [0.1, 0.15) is 17.3 Å². The van der Waals surface area contributed by atoms with Gasteiger partial charge in [0.05, 0.1) is 12.7 Å². The molecule has 7 heteroatoms. The molecular weight excluding hydrogens is 282 g/mol. The Bertz CT molecular complexity index is 517. The van der Waals surface area contributed by atoms with E-state index in [9.17, 15) is 14.4 Å². The van der Waals surface area contributed by atoms with E-state index >= 15 is 0 Å². The van der Waals surface area contributed by atoms with Crippen molar-refractivity contribution in [2.75, 3.05) is 13.4 Å². The van der Waals surface area contributed by atoms with Crippen molar-refractivity contribution in [3.05, 3.63) is 29.8 Å². The van der Waals surface area contributed by atoms with E-state index in [1.165, 1.54) is 18.7 Å². The predicted octanol–water partition coefficient (Wildman–Crippen LogP) is 1.84. The Balaban J connectivity index is 2.70. The summed E-state index contributed by atoms with van der Waals surface area (Å²) < 4.78 is 9.30. The van der Waals surface area contributed by atoms with Crippen LogP contribution in [0, 0.1) is 0 Å². The lowest BCUT2D eigenvalue weighted by atomic mass is 10.2. The van der Waals surface area contributed by atoms with Crippen molar-refractivity contribution in [2.24, 2.45) is 0 Å². The summed E-state index contributed by atoms with van der Waals surface area (Å²) in [6.45, 7) is 1.37. The third-order valence-corrected chi connectivity index (χ3v) is 3.19. The quantitative estimate of drug-likeness (QED) is 0.674. The van der Waals surface area contributed by atoms with Crippen molar-refractivity contribution in [1.29, 1.82) is 0 Å². The van der Waals surface area contributed by atoms with Crippen LogP contribution in [0.25, 0.3) is 0 Å². The molecule has 0 aliphatic rings. The van der Waals surface area contributed by atoms with Crippen molar-refractivity contribution in [1.82, 2.24) is 5.32 Å². The fourth-order valence-corrected chi connectivity index (χ4v) is 1.93. The van der Waals surface area contributed by atoms with Gasteiger partial charge in [0.1, 0.15) is 0 Å². The number of imide groups is 1. The van der Waals surface area contributed by atoms with Crippen molar-refractivity contribution >= 4 is 29.7 Å². The number of hydrogen-bond acceptors (Lipinski definition) is 6. The number of carbonyl (C=O) groups excluding carboxylic acids is 3. The Kier molecular flexibility index (Phi) is 6.05. The number of ether oxygens (including phenoxy) is 2. The molecule has 20 heavy (non-hydrogen) atoms. The average Bonchev–Trinajstić information content (AvgIpc) is 2.46. The van der Waals surface area contributed by atoms with Crippen molar-refractivity contribution in [3.63, 3.8) is 0 Å². The van der Waals surface area contributed by atoms with Gasteiger partial charge >= 0.3 is 12.1 Å². The van der Waals surface area contributed by atoms with Crippen LogP contribution < -0.4 is 5.32 Å². The molecule has 6 nitrogen and oxygen atoms in total. The molecule has 0 aliphatic carbocycles. The molecule has 1 atom stereocenters. The third kappa shape index (κ3) is 4.27. The number of amides is 2. The van der Waals surface area contributed by atoms with E-state index in [4.69, 9.17) is 4.74 Å². The molecule has 0 spiro atoms. The lowest BCUT2D eigenvalue weighted by molar-refractivity contribution is -0.128. The third-order valence-electron chi connectivity index (χ3n) is 2.39. The van der Waals surface area contributed by atoms with Crippen LogP contribution in [0.5, 0.6) is 0 Å². The standard InChI is InChI=1S/C13H15NO5S/c1-8(11(15)14-13(17)18-2)19-12(16)9-6-4-5-7-10(9)20-3/h4-8H,1-3H3,(H,14,15,17)/t8-/m1/s1. The maximum atomic E-state index is 12.0. The summed E-state index contributed by atoms with van der Waals surface area (Å²) in [7, 11) is 1.13. The van der Waals surface area contributed by atoms with Gasteiger partial charge in [0.2, 0.25) is 0 Å². The summed E-state index contributed by atoms with van der Waals surface area (Å²) >= 11 is 1.40. The van der Waals surface area contributed by atoms with Gasteiger partial charge in [-0.15, -0.1) is 11.8 Å². The first-order chi connectivity index (χ1) is 9.49. The summed E-state index contributed by atoms with van der Waals surface area (Å²) in [5.74, 6) is -1.37. The van der Waals surface area contributed by atoms with Gasteiger partial charge < -0.3 is 9.47 Å². The molecule has 0 heterocycles. The molecule has 2 amide bonds. The Morgan fingerprint density at radius 3 is 2.50 bits per heavy atom. The minimum Gasteiger partial charge on any atom is -0.453 e. The number of methoxy groups -OCH3 is 1. The largest absolute Gasteiger partial charge is 0.453 e. The Hall–Kier alpha value is -2.02. The van der Waals surface area contributed by atoms with Gasteiger partial charge in [-0.25, -0.2) is 9.59 Å². The fourth-order valence-electron chi connectivity index (χ4n) is 1.34. The van der Waals surface area contributed by atoms with Gasteiger partial charge in [-0.1, -0.05) is 12.1 Å². The fraction of sp³-hybridized carbons (Fsp3) is 0.308. The van der Waals surface area contributed by atoms with Crippen molar-refractivity contribution in [3.8, 4) is 0 Å². The first-order valence-electron chi connectivity index (χ1n) is 5.72. The second-order valence-corrected chi connectivity index (χ2v) is 4.58. The molecule has 1 rings (SSSR count). The van der Waals surface area contributed by atoms with Crippen LogP contribution in [0.4, 0.5) is 4.79 Å². The van der Waals surface area contributed by atoms with Crippen molar-refractivity contribution in [2.45, 2.75) is 17.9 Å². The van der Waals surface area contributed by atoms with E-state index in [0.29, 0.717) is 5.56 Å².